The number of ketones is 1. The molecule has 7 nitrogen and oxygen atoms in total. The van der Waals surface area contributed by atoms with Crippen molar-refractivity contribution in [3.63, 3.8) is 0 Å². The second-order valence-corrected chi connectivity index (χ2v) is 7.67. The van der Waals surface area contributed by atoms with E-state index in [0.717, 1.165) is 50.2 Å². The van der Waals surface area contributed by atoms with Crippen LogP contribution in [0.4, 0.5) is 5.82 Å². The van der Waals surface area contributed by atoms with Crippen molar-refractivity contribution in [1.29, 1.82) is 0 Å². The molecule has 0 saturated carbocycles. The third-order valence-corrected chi connectivity index (χ3v) is 5.47. The molecule has 0 bridgehead atoms. The highest BCUT2D eigenvalue weighted by atomic mass is 16.5. The lowest BCUT2D eigenvalue weighted by Gasteiger charge is -2.17. The summed E-state index contributed by atoms with van der Waals surface area (Å²) in [5, 5.41) is 12.9. The molecule has 160 valence electrons. The summed E-state index contributed by atoms with van der Waals surface area (Å²) in [6.07, 6.45) is 8.76. The van der Waals surface area contributed by atoms with Crippen molar-refractivity contribution in [1.82, 2.24) is 9.97 Å². The first-order valence-corrected chi connectivity index (χ1v) is 10.5. The maximum atomic E-state index is 12.3. The van der Waals surface area contributed by atoms with Crippen molar-refractivity contribution < 1.29 is 19.4 Å². The maximum absolute atomic E-state index is 12.3. The van der Waals surface area contributed by atoms with Gasteiger partial charge in [0.2, 0.25) is 0 Å². The molecule has 30 heavy (non-hydrogen) atoms. The topological polar surface area (TPSA) is 101 Å². The molecule has 2 aromatic rings. The van der Waals surface area contributed by atoms with Crippen LogP contribution in [0.3, 0.4) is 0 Å². The summed E-state index contributed by atoms with van der Waals surface area (Å²) in [5.74, 6) is -0.108. The van der Waals surface area contributed by atoms with Crippen LogP contribution in [0.15, 0.2) is 30.6 Å². The highest BCUT2D eigenvalue weighted by Gasteiger charge is 2.22. The number of nitrogens with zero attached hydrogens (tertiary/aromatic N) is 2. The van der Waals surface area contributed by atoms with Crippen molar-refractivity contribution in [2.24, 2.45) is 0 Å². The maximum Gasteiger partial charge on any atom is 0.311 e. The zero-order chi connectivity index (χ0) is 21.3. The number of carboxylic acids is 1. The van der Waals surface area contributed by atoms with Crippen LogP contribution in [0, 0.1) is 0 Å². The lowest BCUT2D eigenvalue weighted by molar-refractivity contribution is -0.139. The van der Waals surface area contributed by atoms with E-state index >= 15 is 0 Å². The van der Waals surface area contributed by atoms with Gasteiger partial charge in [-0.15, -0.1) is 0 Å². The number of nitrogens with one attached hydrogen (secondary N) is 1. The average Bonchev–Trinajstić information content (AvgIpc) is 2.76. The summed E-state index contributed by atoms with van der Waals surface area (Å²) < 4.78 is 5.11. The molecule has 1 aliphatic rings. The Morgan fingerprint density at radius 1 is 1.23 bits per heavy atom. The molecule has 0 fully saturated rings. The number of Topliss-reactive ketones (excluding diaryl/α,β-unsaturated/α-hetero) is 1. The molecule has 7 heteroatoms. The number of aryl methyl sites for hydroxylation is 2. The molecule has 0 amide bonds. The fourth-order valence-corrected chi connectivity index (χ4v) is 3.74. The zero-order valence-corrected chi connectivity index (χ0v) is 17.4. The highest BCUT2D eigenvalue weighted by Crippen LogP contribution is 2.25. The summed E-state index contributed by atoms with van der Waals surface area (Å²) in [7, 11) is 1.51. The van der Waals surface area contributed by atoms with Crippen molar-refractivity contribution in [2.75, 3.05) is 19.0 Å². The van der Waals surface area contributed by atoms with E-state index in [4.69, 9.17) is 4.74 Å². The molecule has 2 aromatic heterocycles. The Balaban J connectivity index is 1.42. The lowest BCUT2D eigenvalue weighted by Crippen LogP contribution is -2.14. The molecular formula is C23H29N3O4. The van der Waals surface area contributed by atoms with Crippen LogP contribution >= 0.6 is 0 Å². The van der Waals surface area contributed by atoms with Gasteiger partial charge in [-0.25, -0.2) is 4.98 Å². The number of hydrogen-bond donors (Lipinski definition) is 2. The van der Waals surface area contributed by atoms with E-state index in [2.05, 4.69) is 27.4 Å². The van der Waals surface area contributed by atoms with Crippen LogP contribution < -0.4 is 10.1 Å². The van der Waals surface area contributed by atoms with Gasteiger partial charge in [-0.3, -0.25) is 14.6 Å². The molecule has 2 N–H and O–H groups in total. The van der Waals surface area contributed by atoms with Crippen LogP contribution in [-0.4, -0.2) is 40.5 Å². The van der Waals surface area contributed by atoms with Gasteiger partial charge in [0.25, 0.3) is 0 Å². The monoisotopic (exact) mass is 411 g/mol. The molecule has 3 heterocycles. The fourth-order valence-electron chi connectivity index (χ4n) is 3.74. The first kappa shape index (κ1) is 21.7. The predicted octanol–water partition coefficient (Wildman–Crippen LogP) is 3.77. The molecule has 0 unspecified atom stereocenters. The number of methoxy groups -OCH3 is 1. The van der Waals surface area contributed by atoms with Crippen LogP contribution in [-0.2, 0) is 22.4 Å². The number of aromatic nitrogens is 2. The normalized spacial score (nSPS) is 13.8. The van der Waals surface area contributed by atoms with E-state index in [-0.39, 0.29) is 18.6 Å². The molecule has 3 rings (SSSR count). The molecular weight excluding hydrogens is 382 g/mol. The van der Waals surface area contributed by atoms with Gasteiger partial charge in [-0.2, -0.15) is 0 Å². The van der Waals surface area contributed by atoms with Gasteiger partial charge in [0.15, 0.2) is 0 Å². The van der Waals surface area contributed by atoms with Crippen molar-refractivity contribution in [3.8, 4) is 5.75 Å². The van der Waals surface area contributed by atoms with Crippen LogP contribution in [0.5, 0.6) is 5.75 Å². The van der Waals surface area contributed by atoms with E-state index in [1.54, 1.807) is 6.07 Å². The van der Waals surface area contributed by atoms with Gasteiger partial charge in [-0.05, 0) is 61.8 Å². The molecule has 0 radical (unpaired) electrons. The standard InChI is InChI=1S/C23H29N3O4/c1-30-20-13-17(14-24-15-20)21(23(28)29)11-10-19(27)7-3-2-6-18-9-8-16-5-4-12-25-22(16)26-18/h8-9,13-15,21H,2-7,10-12H2,1H3,(H,25,26)(H,28,29)/t21-/m0/s1. The number of ether oxygens (including phenoxy) is 1. The van der Waals surface area contributed by atoms with Crippen molar-refractivity contribution >= 4 is 17.6 Å². The van der Waals surface area contributed by atoms with Gasteiger partial charge in [0.05, 0.1) is 19.2 Å². The highest BCUT2D eigenvalue weighted by molar-refractivity contribution is 5.81. The lowest BCUT2D eigenvalue weighted by atomic mass is 9.93. The van der Waals surface area contributed by atoms with Crippen LogP contribution in [0.1, 0.15) is 61.3 Å². The number of unbranched alkanes of at least 4 members (excludes halogenated alkanes) is 1. The van der Waals surface area contributed by atoms with Gasteiger partial charge < -0.3 is 15.2 Å². The smallest absolute Gasteiger partial charge is 0.311 e. The SMILES string of the molecule is COc1cncc([C@H](CCC(=O)CCCCc2ccc3c(n2)NCCC3)C(=O)O)c1. The Labute approximate surface area is 176 Å². The fraction of sp³-hybridized carbons (Fsp3) is 0.478. The van der Waals surface area contributed by atoms with E-state index in [1.165, 1.54) is 25.1 Å². The van der Waals surface area contributed by atoms with E-state index in [0.29, 0.717) is 17.7 Å². The number of carboxylic acid groups (broad SMARTS) is 1. The Kier molecular flexibility index (Phi) is 7.76. The quantitative estimate of drug-likeness (QED) is 0.543. The summed E-state index contributed by atoms with van der Waals surface area (Å²) in [4.78, 5) is 32.6. The Morgan fingerprint density at radius 2 is 2.10 bits per heavy atom. The van der Waals surface area contributed by atoms with Crippen molar-refractivity contribution in [3.05, 3.63) is 47.4 Å². The van der Waals surface area contributed by atoms with E-state index in [1.807, 2.05) is 0 Å². The summed E-state index contributed by atoms with van der Waals surface area (Å²) >= 11 is 0. The molecule has 1 aliphatic heterocycles. The number of rotatable bonds is 11. The molecule has 0 spiro atoms. The van der Waals surface area contributed by atoms with Gasteiger partial charge >= 0.3 is 5.97 Å². The second-order valence-electron chi connectivity index (χ2n) is 7.67. The summed E-state index contributed by atoms with van der Waals surface area (Å²) in [6, 6.07) is 5.89. The largest absolute Gasteiger partial charge is 0.495 e. The number of carbonyl (C=O) groups excluding carboxylic acids is 1. The summed E-state index contributed by atoms with van der Waals surface area (Å²) in [5.41, 5.74) is 2.88. The second kappa shape index (κ2) is 10.7. The van der Waals surface area contributed by atoms with Gasteiger partial charge in [0.1, 0.15) is 17.4 Å². The number of carbonyl (C=O) groups is 2. The summed E-state index contributed by atoms with van der Waals surface area (Å²) in [6.45, 7) is 0.973. The number of anilines is 1. The van der Waals surface area contributed by atoms with Crippen LogP contribution in [0.2, 0.25) is 0 Å². The zero-order valence-electron chi connectivity index (χ0n) is 17.4. The van der Waals surface area contributed by atoms with Crippen molar-refractivity contribution in [2.45, 2.75) is 57.3 Å². The molecule has 0 saturated heterocycles. The van der Waals surface area contributed by atoms with E-state index < -0.39 is 11.9 Å². The molecule has 1 atom stereocenters. The van der Waals surface area contributed by atoms with Crippen LogP contribution in [0.25, 0.3) is 0 Å². The minimum atomic E-state index is -0.954. The number of aliphatic carboxylic acids is 1. The third-order valence-electron chi connectivity index (χ3n) is 5.47. The Morgan fingerprint density at radius 3 is 2.90 bits per heavy atom. The minimum Gasteiger partial charge on any atom is -0.495 e. The number of pyridine rings is 2. The first-order chi connectivity index (χ1) is 14.6. The number of hydrogen-bond acceptors (Lipinski definition) is 6. The van der Waals surface area contributed by atoms with E-state index in [9.17, 15) is 14.7 Å². The molecule has 0 aliphatic carbocycles. The first-order valence-electron chi connectivity index (χ1n) is 10.5. The Bertz CT molecular complexity index is 885. The number of fused-ring (bicyclic) bond motifs is 1. The average molecular weight is 412 g/mol. The van der Waals surface area contributed by atoms with Gasteiger partial charge in [-0.1, -0.05) is 6.07 Å². The Hall–Kier alpha value is -2.96. The minimum absolute atomic E-state index is 0.0946. The van der Waals surface area contributed by atoms with Gasteiger partial charge in [0, 0.05) is 31.3 Å². The molecule has 0 aromatic carbocycles. The third kappa shape index (κ3) is 6.02. The predicted molar refractivity (Wildman–Crippen MR) is 114 cm³/mol.